The van der Waals surface area contributed by atoms with Crippen molar-refractivity contribution < 1.29 is 68.4 Å². The summed E-state index contributed by atoms with van der Waals surface area (Å²) in [6.45, 7) is 8.21. The van der Waals surface area contributed by atoms with Gasteiger partial charge in [0.05, 0.1) is 12.1 Å². The van der Waals surface area contributed by atoms with Gasteiger partial charge >= 0.3 is 17.9 Å². The van der Waals surface area contributed by atoms with E-state index in [0.717, 1.165) is 4.90 Å². The van der Waals surface area contributed by atoms with Crippen LogP contribution in [0.3, 0.4) is 0 Å². The summed E-state index contributed by atoms with van der Waals surface area (Å²) in [6, 6.07) is 6.62. The highest BCUT2D eigenvalue weighted by atomic mass is 16.4. The monoisotopic (exact) mass is 980 g/mol. The first-order valence-corrected chi connectivity index (χ1v) is 23.3. The van der Waals surface area contributed by atoms with Crippen molar-refractivity contribution in [2.45, 2.75) is 147 Å². The molecular weight excluding hydrogens is 913 g/mol. The molecule has 0 spiro atoms. The van der Waals surface area contributed by atoms with Gasteiger partial charge in [-0.25, -0.2) is 4.79 Å². The number of rotatable bonds is 28. The Morgan fingerprint density at radius 3 is 1.70 bits per heavy atom. The molecule has 2 aromatic carbocycles. The molecule has 0 saturated carbocycles. The molecule has 2 aromatic rings. The van der Waals surface area contributed by atoms with Gasteiger partial charge in [0, 0.05) is 25.8 Å². The molecule has 0 aliphatic carbocycles. The number of aliphatic carboxylic acids is 3. The van der Waals surface area contributed by atoms with Crippen LogP contribution >= 0.6 is 0 Å². The van der Waals surface area contributed by atoms with Crippen molar-refractivity contribution in [2.24, 2.45) is 17.6 Å². The molecule has 1 saturated heterocycles. The lowest BCUT2D eigenvalue weighted by Gasteiger charge is -2.32. The first kappa shape index (κ1) is 57.4. The number of aliphatic hydroxyl groups is 1. The Kier molecular flexibility index (Phi) is 22.9. The number of aliphatic hydroxyl groups excluding tert-OH is 1. The maximum Gasteiger partial charge on any atom is 0.326 e. The molecule has 12 N–H and O–H groups in total. The fourth-order valence-corrected chi connectivity index (χ4v) is 7.74. The lowest BCUT2D eigenvalue weighted by molar-refractivity contribution is -0.147. The van der Waals surface area contributed by atoms with Crippen molar-refractivity contribution in [1.82, 2.24) is 36.8 Å². The van der Waals surface area contributed by atoms with Crippen molar-refractivity contribution in [3.63, 3.8) is 0 Å². The molecule has 0 aromatic heterocycles. The van der Waals surface area contributed by atoms with Crippen LogP contribution in [-0.2, 0) is 60.8 Å². The van der Waals surface area contributed by atoms with Crippen molar-refractivity contribution >= 4 is 59.3 Å². The van der Waals surface area contributed by atoms with E-state index in [0.29, 0.717) is 17.5 Å². The summed E-state index contributed by atoms with van der Waals surface area (Å²) < 4.78 is 0. The zero-order chi connectivity index (χ0) is 52.2. The molecule has 1 fully saturated rings. The van der Waals surface area contributed by atoms with Crippen LogP contribution < -0.4 is 37.6 Å². The molecule has 0 radical (unpaired) electrons. The molecule has 9 atom stereocenters. The predicted octanol–water partition coefficient (Wildman–Crippen LogP) is -0.404. The largest absolute Gasteiger partial charge is 0.481 e. The number of amides is 7. The van der Waals surface area contributed by atoms with E-state index in [1.165, 1.54) is 6.92 Å². The molecule has 1 aliphatic rings. The molecule has 0 bridgehead atoms. The Balaban J connectivity index is 1.78. The number of hydrogen-bond donors (Lipinski definition) is 11. The number of carboxylic acids is 3. The normalized spacial score (nSPS) is 16.8. The molecule has 22 nitrogen and oxygen atoms in total. The number of benzene rings is 2. The number of carbonyl (C=O) groups is 10. The highest BCUT2D eigenvalue weighted by Gasteiger charge is 2.41. The molecule has 3 rings (SSSR count). The number of carbonyl (C=O) groups excluding carboxylic acids is 7. The maximum absolute atomic E-state index is 14.2. The van der Waals surface area contributed by atoms with Gasteiger partial charge in [0.2, 0.25) is 35.4 Å². The van der Waals surface area contributed by atoms with Crippen LogP contribution in [0.25, 0.3) is 0 Å². The summed E-state index contributed by atoms with van der Waals surface area (Å²) in [7, 11) is 0. The minimum atomic E-state index is -1.94. The predicted molar refractivity (Wildman–Crippen MR) is 252 cm³/mol. The van der Waals surface area contributed by atoms with Crippen molar-refractivity contribution in [3.8, 4) is 0 Å². The molecule has 22 heteroatoms. The van der Waals surface area contributed by atoms with Gasteiger partial charge in [-0.2, -0.15) is 0 Å². The summed E-state index contributed by atoms with van der Waals surface area (Å²) in [5.41, 5.74) is 7.09. The van der Waals surface area contributed by atoms with Crippen LogP contribution in [0.2, 0.25) is 0 Å². The van der Waals surface area contributed by atoms with Crippen molar-refractivity contribution in [3.05, 3.63) is 71.8 Å². The smallest absolute Gasteiger partial charge is 0.326 e. The van der Waals surface area contributed by atoms with Crippen LogP contribution in [0.4, 0.5) is 0 Å². The summed E-state index contributed by atoms with van der Waals surface area (Å²) in [6.07, 6.45) is -3.10. The molecule has 7 amide bonds. The SMILES string of the molecule is CC(C)C[C@H](NC(=O)[C@@H](NC(=O)[C@@H](N)CCC(=O)O)C(C)C)C(=O)N[C@@H](Cc1ccccc1)[C@@H](O)C(=O)N1CCC[C@H]1C(=O)N[C@@H](C)C(=O)N[C@@H](CCC(=O)O)C(=O)N[C@@H](Cc1ccccc1)C(=O)O. The van der Waals surface area contributed by atoms with Gasteiger partial charge in [0.25, 0.3) is 5.91 Å². The van der Waals surface area contributed by atoms with Crippen LogP contribution in [0.1, 0.15) is 90.7 Å². The van der Waals surface area contributed by atoms with Crippen LogP contribution in [0.5, 0.6) is 0 Å². The number of carboxylic acid groups (broad SMARTS) is 3. The summed E-state index contributed by atoms with van der Waals surface area (Å²) in [5, 5.41) is 55.1. The Hall–Kier alpha value is -6.94. The topological polar surface area (TPSA) is 353 Å². The van der Waals surface area contributed by atoms with Gasteiger partial charge in [-0.1, -0.05) is 88.4 Å². The molecule has 1 heterocycles. The van der Waals surface area contributed by atoms with E-state index in [9.17, 15) is 63.3 Å². The third-order valence-corrected chi connectivity index (χ3v) is 11.6. The highest BCUT2D eigenvalue weighted by Crippen LogP contribution is 2.21. The van der Waals surface area contributed by atoms with Gasteiger partial charge in [0.1, 0.15) is 36.3 Å². The number of nitrogens with one attached hydrogen (secondary N) is 6. The third-order valence-electron chi connectivity index (χ3n) is 11.6. The molecule has 70 heavy (non-hydrogen) atoms. The van der Waals surface area contributed by atoms with E-state index >= 15 is 0 Å². The minimum Gasteiger partial charge on any atom is -0.481 e. The van der Waals surface area contributed by atoms with Gasteiger partial charge in [-0.05, 0) is 68.4 Å². The Morgan fingerprint density at radius 1 is 0.629 bits per heavy atom. The molecular formula is C48H68N8O14. The van der Waals surface area contributed by atoms with Crippen LogP contribution in [0, 0.1) is 11.8 Å². The Labute approximate surface area is 406 Å². The molecule has 1 aliphatic heterocycles. The van der Waals surface area contributed by atoms with Gasteiger partial charge in [-0.15, -0.1) is 0 Å². The second kappa shape index (κ2) is 27.9. The number of likely N-dealkylation sites (tertiary alicyclic amines) is 1. The first-order valence-electron chi connectivity index (χ1n) is 23.3. The maximum atomic E-state index is 14.2. The lowest BCUT2D eigenvalue weighted by Crippen LogP contribution is -2.61. The second-order valence-electron chi connectivity index (χ2n) is 18.2. The highest BCUT2D eigenvalue weighted by molar-refractivity contribution is 5.96. The minimum absolute atomic E-state index is 0.0139. The summed E-state index contributed by atoms with van der Waals surface area (Å²) in [4.78, 5) is 131. The quantitative estimate of drug-likeness (QED) is 0.0517. The van der Waals surface area contributed by atoms with E-state index in [-0.39, 0.29) is 51.0 Å². The average molecular weight is 981 g/mol. The average Bonchev–Trinajstić information content (AvgIpc) is 3.80. The van der Waals surface area contributed by atoms with E-state index in [1.807, 2.05) is 0 Å². The number of hydrogen-bond acceptors (Lipinski definition) is 12. The fourth-order valence-electron chi connectivity index (χ4n) is 7.74. The Bertz CT molecular complexity index is 2140. The van der Waals surface area contributed by atoms with Crippen LogP contribution in [-0.4, -0.2) is 146 Å². The second-order valence-corrected chi connectivity index (χ2v) is 18.2. The van der Waals surface area contributed by atoms with E-state index in [4.69, 9.17) is 10.8 Å². The zero-order valence-electron chi connectivity index (χ0n) is 40.1. The van der Waals surface area contributed by atoms with Gasteiger partial charge in [0.15, 0.2) is 6.10 Å². The fraction of sp³-hybridized carbons (Fsp3) is 0.542. The summed E-state index contributed by atoms with van der Waals surface area (Å²) >= 11 is 0. The van der Waals surface area contributed by atoms with Crippen molar-refractivity contribution in [1.29, 1.82) is 0 Å². The van der Waals surface area contributed by atoms with Crippen LogP contribution in [0.15, 0.2) is 60.7 Å². The zero-order valence-corrected chi connectivity index (χ0v) is 40.1. The first-order chi connectivity index (χ1) is 33.0. The van der Waals surface area contributed by atoms with Crippen molar-refractivity contribution in [2.75, 3.05) is 6.54 Å². The summed E-state index contributed by atoms with van der Waals surface area (Å²) in [5.74, 6) is -10.3. The van der Waals surface area contributed by atoms with E-state index in [2.05, 4.69) is 31.9 Å². The van der Waals surface area contributed by atoms with E-state index < -0.39 is 132 Å². The molecule has 0 unspecified atom stereocenters. The van der Waals surface area contributed by atoms with Gasteiger partial charge < -0.3 is 63.0 Å². The van der Waals surface area contributed by atoms with Gasteiger partial charge in [-0.3, -0.25) is 43.2 Å². The molecule has 384 valence electrons. The number of nitrogens with two attached hydrogens (primary N) is 1. The van der Waals surface area contributed by atoms with E-state index in [1.54, 1.807) is 88.4 Å². The third kappa shape index (κ3) is 18.5. The Morgan fingerprint density at radius 2 is 1.16 bits per heavy atom. The standard InChI is InChI=1S/C48H68N8O14/c1-26(2)23-34(53-46(67)39(27(3)4)55-42(63)31(49)18-20-37(57)58)44(65)52-33(24-29-13-8-6-9-14-29)40(61)47(68)56-22-12-17-36(56)45(66)50-28(5)41(62)51-32(19-21-38(59)60)43(64)54-35(48(69)70)25-30-15-10-7-11-16-30/h6-11,13-16,26-28,31-36,39-40,61H,12,17-25,49H2,1-5H3,(H,50,66)(H,51,62)(H,52,65)(H,53,67)(H,54,64)(H,55,63)(H,57,58)(H,59,60)(H,69,70)/t28-,31-,32-,33-,34-,35-,36-,39-,40+/m0/s1. The number of nitrogens with zero attached hydrogens (tertiary/aromatic N) is 1. The lowest BCUT2D eigenvalue weighted by atomic mass is 9.97.